The fraction of sp³-hybridized carbons (Fsp3) is 0.409. The van der Waals surface area contributed by atoms with Crippen molar-refractivity contribution in [2.24, 2.45) is 0 Å². The lowest BCUT2D eigenvalue weighted by molar-refractivity contribution is 0.0740. The minimum atomic E-state index is -0.114. The van der Waals surface area contributed by atoms with Crippen molar-refractivity contribution in [3.8, 4) is 0 Å². The minimum Gasteiger partial charge on any atom is -0.358 e. The van der Waals surface area contributed by atoms with Crippen molar-refractivity contribution in [3.63, 3.8) is 0 Å². The Kier molecular flexibility index (Phi) is 5.70. The van der Waals surface area contributed by atoms with E-state index in [4.69, 9.17) is 4.74 Å². The summed E-state index contributed by atoms with van der Waals surface area (Å²) < 4.78 is 5.52. The van der Waals surface area contributed by atoms with Crippen LogP contribution in [0, 0.1) is 0 Å². The number of amides is 2. The summed E-state index contributed by atoms with van der Waals surface area (Å²) in [6.07, 6.45) is 1.82. The molecule has 5 nitrogen and oxygen atoms in total. The summed E-state index contributed by atoms with van der Waals surface area (Å²) in [4.78, 5) is 16.9. The van der Waals surface area contributed by atoms with Gasteiger partial charge in [-0.05, 0) is 24.0 Å². The molecule has 0 spiro atoms. The summed E-state index contributed by atoms with van der Waals surface area (Å²) in [6, 6.07) is 21.5. The molecule has 2 saturated heterocycles. The fourth-order valence-electron chi connectivity index (χ4n) is 3.99. The number of piperazine rings is 1. The molecule has 4 rings (SSSR count). The number of urea groups is 1. The zero-order valence-corrected chi connectivity index (χ0v) is 15.6. The maximum absolute atomic E-state index is 12.5. The third kappa shape index (κ3) is 4.31. The lowest BCUT2D eigenvalue weighted by Crippen LogP contribution is -2.54. The van der Waals surface area contributed by atoms with E-state index >= 15 is 0 Å². The van der Waals surface area contributed by atoms with Crippen molar-refractivity contribution in [1.29, 1.82) is 0 Å². The lowest BCUT2D eigenvalue weighted by atomic mass is 9.96. The second-order valence-electron chi connectivity index (χ2n) is 7.20. The number of nitrogens with zero attached hydrogens (tertiary/aromatic N) is 2. The van der Waals surface area contributed by atoms with Gasteiger partial charge in [-0.25, -0.2) is 4.79 Å². The molecule has 2 aromatic carbocycles. The molecule has 1 atom stereocenters. The van der Waals surface area contributed by atoms with Crippen molar-refractivity contribution < 1.29 is 9.53 Å². The van der Waals surface area contributed by atoms with Crippen LogP contribution in [0.1, 0.15) is 30.0 Å². The molecule has 0 saturated carbocycles. The van der Waals surface area contributed by atoms with E-state index in [1.807, 2.05) is 4.90 Å². The normalized spacial score (nSPS) is 20.8. The van der Waals surface area contributed by atoms with Crippen LogP contribution in [-0.4, -0.2) is 54.8 Å². The Morgan fingerprint density at radius 3 is 2.04 bits per heavy atom. The second-order valence-corrected chi connectivity index (χ2v) is 7.20. The topological polar surface area (TPSA) is 44.8 Å². The molecule has 2 amide bonds. The molecule has 0 bridgehead atoms. The Balaban J connectivity index is 1.43. The molecular weight excluding hydrogens is 338 g/mol. The third-order valence-electron chi connectivity index (χ3n) is 5.41. The smallest absolute Gasteiger partial charge is 0.319 e. The highest BCUT2D eigenvalue weighted by Gasteiger charge is 2.29. The maximum Gasteiger partial charge on any atom is 0.319 e. The van der Waals surface area contributed by atoms with E-state index in [0.717, 1.165) is 45.6 Å². The Bertz CT molecular complexity index is 684. The van der Waals surface area contributed by atoms with Crippen molar-refractivity contribution in [2.45, 2.75) is 25.1 Å². The zero-order chi connectivity index (χ0) is 18.5. The van der Waals surface area contributed by atoms with Crippen LogP contribution in [0.4, 0.5) is 4.79 Å². The molecule has 2 fully saturated rings. The largest absolute Gasteiger partial charge is 0.358 e. The summed E-state index contributed by atoms with van der Waals surface area (Å²) in [6.45, 7) is 3.92. The van der Waals surface area contributed by atoms with Crippen LogP contribution in [-0.2, 0) is 4.74 Å². The van der Waals surface area contributed by atoms with E-state index in [-0.39, 0.29) is 18.3 Å². The SMILES string of the molecule is O=C(NC1CCCO1)N1CCN(C(c2ccccc2)c2ccccc2)CC1. The van der Waals surface area contributed by atoms with Gasteiger partial charge in [0.25, 0.3) is 0 Å². The Morgan fingerprint density at radius 1 is 0.926 bits per heavy atom. The maximum atomic E-state index is 12.5. The Labute approximate surface area is 160 Å². The summed E-state index contributed by atoms with van der Waals surface area (Å²) in [5.74, 6) is 0. The van der Waals surface area contributed by atoms with Crippen molar-refractivity contribution in [2.75, 3.05) is 32.8 Å². The van der Waals surface area contributed by atoms with E-state index in [1.165, 1.54) is 11.1 Å². The molecule has 0 radical (unpaired) electrons. The summed E-state index contributed by atoms with van der Waals surface area (Å²) in [7, 11) is 0. The number of hydrogen-bond acceptors (Lipinski definition) is 3. The number of ether oxygens (including phenoxy) is 1. The highest BCUT2D eigenvalue weighted by molar-refractivity contribution is 5.74. The first kappa shape index (κ1) is 18.0. The van der Waals surface area contributed by atoms with Gasteiger partial charge in [-0.1, -0.05) is 60.7 Å². The van der Waals surface area contributed by atoms with Crippen LogP contribution < -0.4 is 5.32 Å². The van der Waals surface area contributed by atoms with Gasteiger partial charge in [0.1, 0.15) is 6.23 Å². The molecular formula is C22H27N3O2. The highest BCUT2D eigenvalue weighted by Crippen LogP contribution is 2.29. The van der Waals surface area contributed by atoms with E-state index in [0.29, 0.717) is 0 Å². The molecule has 2 heterocycles. The summed E-state index contributed by atoms with van der Waals surface area (Å²) in [5.41, 5.74) is 2.59. The van der Waals surface area contributed by atoms with E-state index in [9.17, 15) is 4.79 Å². The second kappa shape index (κ2) is 8.55. The van der Waals surface area contributed by atoms with Gasteiger partial charge in [-0.3, -0.25) is 4.90 Å². The third-order valence-corrected chi connectivity index (χ3v) is 5.41. The van der Waals surface area contributed by atoms with Crippen molar-refractivity contribution >= 4 is 6.03 Å². The van der Waals surface area contributed by atoms with Crippen molar-refractivity contribution in [1.82, 2.24) is 15.1 Å². The number of carbonyl (C=O) groups excluding carboxylic acids is 1. The Morgan fingerprint density at radius 2 is 1.52 bits per heavy atom. The van der Waals surface area contributed by atoms with Crippen LogP contribution >= 0.6 is 0 Å². The zero-order valence-electron chi connectivity index (χ0n) is 15.6. The van der Waals surface area contributed by atoms with E-state index < -0.39 is 0 Å². The summed E-state index contributed by atoms with van der Waals surface area (Å²) >= 11 is 0. The quantitative estimate of drug-likeness (QED) is 0.905. The van der Waals surface area contributed by atoms with Crippen LogP contribution in [0.3, 0.4) is 0 Å². The van der Waals surface area contributed by atoms with E-state index in [1.54, 1.807) is 0 Å². The first-order valence-corrected chi connectivity index (χ1v) is 9.82. The Hall–Kier alpha value is -2.37. The molecule has 0 aromatic heterocycles. The number of rotatable bonds is 4. The predicted octanol–water partition coefficient (Wildman–Crippen LogP) is 3.24. The molecule has 142 valence electrons. The lowest BCUT2D eigenvalue weighted by Gasteiger charge is -2.40. The van der Waals surface area contributed by atoms with Gasteiger partial charge in [0.2, 0.25) is 0 Å². The molecule has 1 unspecified atom stereocenters. The minimum absolute atomic E-state index is 0.00229. The van der Waals surface area contributed by atoms with Crippen molar-refractivity contribution in [3.05, 3.63) is 71.8 Å². The molecule has 2 aromatic rings. The highest BCUT2D eigenvalue weighted by atomic mass is 16.5. The molecule has 2 aliphatic rings. The van der Waals surface area contributed by atoms with Crippen LogP contribution in [0.5, 0.6) is 0 Å². The molecule has 5 heteroatoms. The monoisotopic (exact) mass is 365 g/mol. The van der Waals surface area contributed by atoms with Gasteiger partial charge >= 0.3 is 6.03 Å². The number of carbonyl (C=O) groups is 1. The average Bonchev–Trinajstić information content (AvgIpc) is 3.23. The number of benzene rings is 2. The van der Waals surface area contributed by atoms with Gasteiger partial charge in [0, 0.05) is 32.8 Å². The fourth-order valence-corrected chi connectivity index (χ4v) is 3.99. The van der Waals surface area contributed by atoms with Crippen LogP contribution in [0.25, 0.3) is 0 Å². The molecule has 27 heavy (non-hydrogen) atoms. The van der Waals surface area contributed by atoms with Gasteiger partial charge < -0.3 is 15.0 Å². The standard InChI is InChI=1S/C22H27N3O2/c26-22(23-20-12-7-17-27-20)25-15-13-24(14-16-25)21(18-8-3-1-4-9-18)19-10-5-2-6-11-19/h1-6,8-11,20-21H,7,12-17H2,(H,23,26). The van der Waals surface area contributed by atoms with Gasteiger partial charge in [0.15, 0.2) is 0 Å². The summed E-state index contributed by atoms with van der Waals surface area (Å²) in [5, 5.41) is 3.00. The average molecular weight is 365 g/mol. The van der Waals surface area contributed by atoms with E-state index in [2.05, 4.69) is 70.9 Å². The van der Waals surface area contributed by atoms with Crippen LogP contribution in [0.2, 0.25) is 0 Å². The van der Waals surface area contributed by atoms with Gasteiger partial charge in [0.05, 0.1) is 6.04 Å². The molecule has 1 N–H and O–H groups in total. The van der Waals surface area contributed by atoms with Gasteiger partial charge in [-0.15, -0.1) is 0 Å². The first-order valence-electron chi connectivity index (χ1n) is 9.82. The molecule has 0 aliphatic carbocycles. The number of nitrogens with one attached hydrogen (secondary N) is 1. The van der Waals surface area contributed by atoms with Gasteiger partial charge in [-0.2, -0.15) is 0 Å². The first-order chi connectivity index (χ1) is 13.3. The number of hydrogen-bond donors (Lipinski definition) is 1. The predicted molar refractivity (Wildman–Crippen MR) is 105 cm³/mol. The van der Waals surface area contributed by atoms with Crippen LogP contribution in [0.15, 0.2) is 60.7 Å². The molecule has 2 aliphatic heterocycles.